The number of rotatable bonds is 1. The van der Waals surface area contributed by atoms with Crippen molar-refractivity contribution in [1.82, 2.24) is 0 Å². The minimum atomic E-state index is -0.0625. The van der Waals surface area contributed by atoms with E-state index in [2.05, 4.69) is 4.74 Å². The Morgan fingerprint density at radius 3 is 2.18 bits per heavy atom. The van der Waals surface area contributed by atoms with Gasteiger partial charge in [0.1, 0.15) is 0 Å². The molecule has 0 radical (unpaired) electrons. The van der Waals surface area contributed by atoms with Gasteiger partial charge in [0.15, 0.2) is 0 Å². The Morgan fingerprint density at radius 2 is 1.82 bits per heavy atom. The van der Waals surface area contributed by atoms with Crippen LogP contribution < -0.4 is 0 Å². The lowest BCUT2D eigenvalue weighted by Crippen LogP contribution is -2.17. The second-order valence-electron chi connectivity index (χ2n) is 1.79. The minimum Gasteiger partial charge on any atom is -0.469 e. The quantitative estimate of drug-likeness (QED) is 0.472. The molecule has 1 aliphatic heterocycles. The van der Waals surface area contributed by atoms with Gasteiger partial charge in [-0.05, 0) is 0 Å². The summed E-state index contributed by atoms with van der Waals surface area (Å²) in [5, 5.41) is 0. The van der Waals surface area contributed by atoms with Crippen LogP contribution in [0.4, 0.5) is 0 Å². The molecule has 0 amide bonds. The zero-order chi connectivity index (χ0) is 8.69. The fourth-order valence-electron chi connectivity index (χ4n) is 0.611. The third-order valence-corrected chi connectivity index (χ3v) is 3.72. The molecule has 1 rings (SSSR count). The highest BCUT2D eigenvalue weighted by molar-refractivity contribution is 8.77. The summed E-state index contributed by atoms with van der Waals surface area (Å²) >= 11 is 0. The molecule has 0 saturated carbocycles. The highest BCUT2D eigenvalue weighted by atomic mass is 33.1. The van der Waals surface area contributed by atoms with E-state index in [1.807, 2.05) is 13.8 Å². The SMILES string of the molecule is CC.COC(=O)C1CSSC1. The first-order chi connectivity index (χ1) is 5.34. The maximum absolute atomic E-state index is 10.8. The van der Waals surface area contributed by atoms with Gasteiger partial charge in [0.05, 0.1) is 13.0 Å². The molecule has 0 atom stereocenters. The summed E-state index contributed by atoms with van der Waals surface area (Å²) in [5.41, 5.74) is 0. The Labute approximate surface area is 75.9 Å². The van der Waals surface area contributed by atoms with Crippen LogP contribution in [0.15, 0.2) is 0 Å². The van der Waals surface area contributed by atoms with Crippen molar-refractivity contribution >= 4 is 27.6 Å². The molecule has 1 fully saturated rings. The summed E-state index contributed by atoms with van der Waals surface area (Å²) < 4.78 is 4.57. The Hall–Kier alpha value is 0.170. The first-order valence-electron chi connectivity index (χ1n) is 3.67. The number of methoxy groups -OCH3 is 1. The highest BCUT2D eigenvalue weighted by Crippen LogP contribution is 2.34. The predicted octanol–water partition coefficient (Wildman–Crippen LogP) is 2.20. The van der Waals surface area contributed by atoms with E-state index >= 15 is 0 Å². The van der Waals surface area contributed by atoms with Gasteiger partial charge in [-0.25, -0.2) is 0 Å². The Morgan fingerprint density at radius 1 is 1.36 bits per heavy atom. The van der Waals surface area contributed by atoms with Crippen LogP contribution in [0.25, 0.3) is 0 Å². The number of hydrogen-bond acceptors (Lipinski definition) is 4. The second-order valence-corrected chi connectivity index (χ2v) is 4.34. The lowest BCUT2D eigenvalue weighted by atomic mass is 10.2. The molecule has 0 aliphatic carbocycles. The molecule has 66 valence electrons. The predicted molar refractivity (Wildman–Crippen MR) is 51.8 cm³/mol. The molecule has 0 aromatic heterocycles. The van der Waals surface area contributed by atoms with Crippen LogP contribution in [0.3, 0.4) is 0 Å². The zero-order valence-corrected chi connectivity index (χ0v) is 8.76. The lowest BCUT2D eigenvalue weighted by Gasteiger charge is -2.01. The molecule has 0 spiro atoms. The van der Waals surface area contributed by atoms with Crippen LogP contribution in [0.2, 0.25) is 0 Å². The third kappa shape index (κ3) is 3.91. The minimum absolute atomic E-state index is 0.0625. The highest BCUT2D eigenvalue weighted by Gasteiger charge is 2.24. The monoisotopic (exact) mass is 194 g/mol. The van der Waals surface area contributed by atoms with Crippen molar-refractivity contribution in [1.29, 1.82) is 0 Å². The van der Waals surface area contributed by atoms with Crippen LogP contribution in [0.1, 0.15) is 13.8 Å². The van der Waals surface area contributed by atoms with Crippen LogP contribution in [-0.2, 0) is 9.53 Å². The fraction of sp³-hybridized carbons (Fsp3) is 0.857. The first-order valence-corrected chi connectivity index (χ1v) is 6.15. The lowest BCUT2D eigenvalue weighted by molar-refractivity contribution is -0.143. The standard InChI is InChI=1S/C5H8O2S2.C2H6/c1-7-5(6)4-2-8-9-3-4;1-2/h4H,2-3H2,1H3;1-2H3. The Bertz CT molecular complexity index is 111. The summed E-state index contributed by atoms with van der Waals surface area (Å²) in [5.74, 6) is 1.91. The van der Waals surface area contributed by atoms with Crippen molar-refractivity contribution in [2.24, 2.45) is 5.92 Å². The fourth-order valence-corrected chi connectivity index (χ4v) is 3.35. The molecule has 4 heteroatoms. The summed E-state index contributed by atoms with van der Waals surface area (Å²) in [6.45, 7) is 4.00. The average Bonchev–Trinajstić information content (AvgIpc) is 2.59. The van der Waals surface area contributed by atoms with Crippen LogP contribution >= 0.6 is 21.6 Å². The number of hydrogen-bond donors (Lipinski definition) is 0. The normalized spacial score (nSPS) is 17.0. The molecule has 1 saturated heterocycles. The maximum Gasteiger partial charge on any atom is 0.310 e. The number of esters is 1. The van der Waals surface area contributed by atoms with E-state index in [9.17, 15) is 4.79 Å². The number of ether oxygens (including phenoxy) is 1. The average molecular weight is 194 g/mol. The molecular weight excluding hydrogens is 180 g/mol. The van der Waals surface area contributed by atoms with Gasteiger partial charge in [0, 0.05) is 11.5 Å². The van der Waals surface area contributed by atoms with Crippen LogP contribution in [0.5, 0.6) is 0 Å². The molecular formula is C7H14O2S2. The Kier molecular flexibility index (Phi) is 6.96. The van der Waals surface area contributed by atoms with Gasteiger partial charge in [0.25, 0.3) is 0 Å². The van der Waals surface area contributed by atoms with E-state index in [4.69, 9.17) is 0 Å². The first kappa shape index (κ1) is 11.2. The number of carbonyl (C=O) groups excluding carboxylic acids is 1. The topological polar surface area (TPSA) is 26.3 Å². The van der Waals surface area contributed by atoms with E-state index < -0.39 is 0 Å². The van der Waals surface area contributed by atoms with Crippen LogP contribution in [0, 0.1) is 5.92 Å². The molecule has 0 bridgehead atoms. The van der Waals surface area contributed by atoms with E-state index in [-0.39, 0.29) is 11.9 Å². The second kappa shape index (κ2) is 6.85. The molecule has 0 aromatic rings. The number of carbonyl (C=O) groups is 1. The van der Waals surface area contributed by atoms with Gasteiger partial charge in [-0.3, -0.25) is 4.79 Å². The maximum atomic E-state index is 10.8. The van der Waals surface area contributed by atoms with Crippen molar-refractivity contribution in [2.45, 2.75) is 13.8 Å². The summed E-state index contributed by atoms with van der Waals surface area (Å²) in [7, 11) is 4.92. The van der Waals surface area contributed by atoms with Gasteiger partial charge >= 0.3 is 5.97 Å². The van der Waals surface area contributed by atoms with Crippen molar-refractivity contribution in [2.75, 3.05) is 18.6 Å². The van der Waals surface area contributed by atoms with E-state index in [0.717, 1.165) is 11.5 Å². The summed E-state index contributed by atoms with van der Waals surface area (Å²) in [4.78, 5) is 10.8. The molecule has 2 nitrogen and oxygen atoms in total. The molecule has 1 aliphatic rings. The van der Waals surface area contributed by atoms with Crippen molar-refractivity contribution < 1.29 is 9.53 Å². The molecule has 11 heavy (non-hydrogen) atoms. The summed E-state index contributed by atoms with van der Waals surface area (Å²) in [6, 6.07) is 0. The van der Waals surface area contributed by atoms with Gasteiger partial charge in [-0.1, -0.05) is 35.4 Å². The van der Waals surface area contributed by atoms with Crippen LogP contribution in [-0.4, -0.2) is 24.6 Å². The largest absolute Gasteiger partial charge is 0.469 e. The molecule has 0 N–H and O–H groups in total. The smallest absolute Gasteiger partial charge is 0.310 e. The van der Waals surface area contributed by atoms with Gasteiger partial charge < -0.3 is 4.74 Å². The van der Waals surface area contributed by atoms with Crippen molar-refractivity contribution in [3.63, 3.8) is 0 Å². The Balaban J connectivity index is 0.000000461. The van der Waals surface area contributed by atoms with Gasteiger partial charge in [-0.15, -0.1) is 0 Å². The van der Waals surface area contributed by atoms with E-state index in [0.29, 0.717) is 0 Å². The van der Waals surface area contributed by atoms with Crippen molar-refractivity contribution in [3.8, 4) is 0 Å². The molecule has 0 aromatic carbocycles. The van der Waals surface area contributed by atoms with E-state index in [1.54, 1.807) is 21.6 Å². The molecule has 1 heterocycles. The zero-order valence-electron chi connectivity index (χ0n) is 7.12. The van der Waals surface area contributed by atoms with Gasteiger partial charge in [0.2, 0.25) is 0 Å². The molecule has 0 unspecified atom stereocenters. The van der Waals surface area contributed by atoms with E-state index in [1.165, 1.54) is 7.11 Å². The summed E-state index contributed by atoms with van der Waals surface area (Å²) in [6.07, 6.45) is 0. The third-order valence-electron chi connectivity index (χ3n) is 1.16. The van der Waals surface area contributed by atoms with Crippen molar-refractivity contribution in [3.05, 3.63) is 0 Å². The van der Waals surface area contributed by atoms with Gasteiger partial charge in [-0.2, -0.15) is 0 Å².